The molecule has 1 amide bonds. The highest BCUT2D eigenvalue weighted by molar-refractivity contribution is 7.90. The number of nitrogens with one attached hydrogen (secondary N) is 1. The predicted octanol–water partition coefficient (Wildman–Crippen LogP) is -0.289. The molecule has 1 aromatic rings. The largest absolute Gasteiger partial charge is 0.351 e. The van der Waals surface area contributed by atoms with Crippen LogP contribution in [0.15, 0.2) is 29.2 Å². The van der Waals surface area contributed by atoms with E-state index in [1.807, 2.05) is 0 Å². The number of amides is 1. The van der Waals surface area contributed by atoms with Crippen LogP contribution in [-0.2, 0) is 19.9 Å². The van der Waals surface area contributed by atoms with Crippen molar-refractivity contribution in [3.8, 4) is 0 Å². The Morgan fingerprint density at radius 3 is 2.05 bits per heavy atom. The molecule has 21 heavy (non-hydrogen) atoms. The zero-order valence-electron chi connectivity index (χ0n) is 12.0. The van der Waals surface area contributed by atoms with Crippen molar-refractivity contribution in [2.24, 2.45) is 0 Å². The summed E-state index contributed by atoms with van der Waals surface area (Å²) in [6, 6.07) is 5.43. The minimum absolute atomic E-state index is 0.00934. The maximum atomic E-state index is 11.9. The topological polar surface area (TPSA) is 101 Å². The lowest BCUT2D eigenvalue weighted by molar-refractivity contribution is 0.0956. The summed E-state index contributed by atoms with van der Waals surface area (Å²) in [5, 5.41) is 2.46. The van der Waals surface area contributed by atoms with Gasteiger partial charge >= 0.3 is 0 Å². The Morgan fingerprint density at radius 1 is 1.10 bits per heavy atom. The van der Waals surface area contributed by atoms with Crippen molar-refractivity contribution in [2.45, 2.75) is 4.90 Å². The Kier molecular flexibility index (Phi) is 5.48. The first-order chi connectivity index (χ1) is 9.54. The fourth-order valence-electron chi connectivity index (χ4n) is 1.44. The highest BCUT2D eigenvalue weighted by Gasteiger charge is 2.17. The second-order valence-corrected chi connectivity index (χ2v) is 9.11. The van der Waals surface area contributed by atoms with E-state index < -0.39 is 25.8 Å². The summed E-state index contributed by atoms with van der Waals surface area (Å²) in [7, 11) is -3.83. The molecule has 9 heteroatoms. The summed E-state index contributed by atoms with van der Waals surface area (Å²) < 4.78 is 46.7. The molecule has 1 rings (SSSR count). The van der Waals surface area contributed by atoms with Crippen molar-refractivity contribution in [2.75, 3.05) is 32.6 Å². The van der Waals surface area contributed by atoms with Gasteiger partial charge in [0.2, 0.25) is 10.0 Å². The Bertz CT molecular complexity index is 707. The maximum absolute atomic E-state index is 11.9. The number of hydrogen-bond acceptors (Lipinski definition) is 5. The molecular weight excluding hydrogens is 316 g/mol. The number of benzene rings is 1. The van der Waals surface area contributed by atoms with Crippen molar-refractivity contribution in [1.29, 1.82) is 0 Å². The highest BCUT2D eigenvalue weighted by Crippen LogP contribution is 2.13. The molecule has 0 heterocycles. The lowest BCUT2D eigenvalue weighted by Crippen LogP contribution is -2.28. The first-order valence-corrected chi connectivity index (χ1v) is 9.52. The minimum atomic E-state index is -3.53. The number of rotatable bonds is 6. The minimum Gasteiger partial charge on any atom is -0.351 e. The van der Waals surface area contributed by atoms with E-state index in [2.05, 4.69) is 5.32 Å². The van der Waals surface area contributed by atoms with E-state index in [0.29, 0.717) is 0 Å². The van der Waals surface area contributed by atoms with Crippen LogP contribution in [0.2, 0.25) is 0 Å². The molecule has 0 fully saturated rings. The van der Waals surface area contributed by atoms with Crippen LogP contribution in [0.1, 0.15) is 10.4 Å². The van der Waals surface area contributed by atoms with Gasteiger partial charge in [0.25, 0.3) is 5.91 Å². The molecule has 0 saturated carbocycles. The third kappa shape index (κ3) is 5.10. The average Bonchev–Trinajstić information content (AvgIpc) is 2.37. The number of sulfone groups is 1. The summed E-state index contributed by atoms with van der Waals surface area (Å²) in [4.78, 5) is 11.8. The Balaban J connectivity index is 2.77. The summed E-state index contributed by atoms with van der Waals surface area (Å²) >= 11 is 0. The van der Waals surface area contributed by atoms with Crippen LogP contribution < -0.4 is 5.32 Å². The SMILES string of the molecule is CN(C)S(=O)(=O)c1ccc(C(=O)NCCS(C)(=O)=O)cc1. The Morgan fingerprint density at radius 2 is 1.62 bits per heavy atom. The monoisotopic (exact) mass is 334 g/mol. The van der Waals surface area contributed by atoms with Crippen LogP contribution in [0.4, 0.5) is 0 Å². The summed E-state index contributed by atoms with van der Waals surface area (Å²) in [5.74, 6) is -0.598. The van der Waals surface area contributed by atoms with E-state index in [1.54, 1.807) is 0 Å². The van der Waals surface area contributed by atoms with Gasteiger partial charge in [0, 0.05) is 32.5 Å². The fourth-order valence-corrected chi connectivity index (χ4v) is 2.82. The van der Waals surface area contributed by atoms with E-state index >= 15 is 0 Å². The van der Waals surface area contributed by atoms with Gasteiger partial charge in [-0.1, -0.05) is 0 Å². The summed E-state index contributed by atoms with van der Waals surface area (Å²) in [6.07, 6.45) is 1.08. The molecule has 0 aliphatic carbocycles. The number of carbonyl (C=O) groups is 1. The van der Waals surface area contributed by atoms with Crippen molar-refractivity contribution in [3.05, 3.63) is 29.8 Å². The average molecular weight is 334 g/mol. The molecule has 7 nitrogen and oxygen atoms in total. The lowest BCUT2D eigenvalue weighted by atomic mass is 10.2. The lowest BCUT2D eigenvalue weighted by Gasteiger charge is -2.11. The van der Waals surface area contributed by atoms with Crippen LogP contribution in [-0.4, -0.2) is 59.7 Å². The normalized spacial score (nSPS) is 12.4. The standard InChI is InChI=1S/C12H18N2O5S2/c1-14(2)21(18,19)11-6-4-10(5-7-11)12(15)13-8-9-20(3,16)17/h4-7H,8-9H2,1-3H3,(H,13,15). The molecule has 0 aliphatic rings. The van der Waals surface area contributed by atoms with Gasteiger partial charge < -0.3 is 5.32 Å². The van der Waals surface area contributed by atoms with E-state index in [-0.39, 0.29) is 22.8 Å². The first kappa shape index (κ1) is 17.6. The molecular formula is C12H18N2O5S2. The maximum Gasteiger partial charge on any atom is 0.251 e. The third-order valence-electron chi connectivity index (χ3n) is 2.65. The molecule has 1 aromatic carbocycles. The molecule has 118 valence electrons. The molecule has 0 atom stereocenters. The third-order valence-corrected chi connectivity index (χ3v) is 5.43. The van der Waals surface area contributed by atoms with E-state index in [9.17, 15) is 21.6 Å². The highest BCUT2D eigenvalue weighted by atomic mass is 32.2. The van der Waals surface area contributed by atoms with Crippen molar-refractivity contribution in [3.63, 3.8) is 0 Å². The number of nitrogens with zero attached hydrogens (tertiary/aromatic N) is 1. The molecule has 0 saturated heterocycles. The van der Waals surface area contributed by atoms with E-state index in [1.165, 1.54) is 38.4 Å². The Labute approximate surface area is 124 Å². The van der Waals surface area contributed by atoms with Crippen LogP contribution in [0, 0.1) is 0 Å². The number of sulfonamides is 1. The molecule has 0 aromatic heterocycles. The predicted molar refractivity (Wildman–Crippen MR) is 79.4 cm³/mol. The molecule has 0 aliphatic heterocycles. The molecule has 0 spiro atoms. The molecule has 1 N–H and O–H groups in total. The van der Waals surface area contributed by atoms with Gasteiger partial charge in [-0.05, 0) is 24.3 Å². The summed E-state index contributed by atoms with van der Waals surface area (Å²) in [6.45, 7) is 0.00934. The van der Waals surface area contributed by atoms with Gasteiger partial charge in [-0.3, -0.25) is 4.79 Å². The second kappa shape index (κ2) is 6.54. The van der Waals surface area contributed by atoms with Gasteiger partial charge in [0.05, 0.1) is 10.6 Å². The Hall–Kier alpha value is -1.45. The van der Waals surface area contributed by atoms with Crippen molar-refractivity contribution < 1.29 is 21.6 Å². The van der Waals surface area contributed by atoms with E-state index in [0.717, 1.165) is 10.6 Å². The smallest absolute Gasteiger partial charge is 0.251 e. The van der Waals surface area contributed by atoms with Crippen LogP contribution >= 0.6 is 0 Å². The zero-order chi connectivity index (χ0) is 16.3. The number of hydrogen-bond donors (Lipinski definition) is 1. The van der Waals surface area contributed by atoms with Gasteiger partial charge in [-0.15, -0.1) is 0 Å². The van der Waals surface area contributed by atoms with E-state index in [4.69, 9.17) is 0 Å². The molecule has 0 radical (unpaired) electrons. The van der Waals surface area contributed by atoms with Crippen molar-refractivity contribution in [1.82, 2.24) is 9.62 Å². The van der Waals surface area contributed by atoms with Gasteiger partial charge in [-0.2, -0.15) is 0 Å². The van der Waals surface area contributed by atoms with Crippen LogP contribution in [0.25, 0.3) is 0 Å². The van der Waals surface area contributed by atoms with Crippen molar-refractivity contribution >= 4 is 25.8 Å². The first-order valence-electron chi connectivity index (χ1n) is 6.02. The molecule has 0 unspecified atom stereocenters. The number of carbonyl (C=O) groups excluding carboxylic acids is 1. The zero-order valence-corrected chi connectivity index (χ0v) is 13.7. The van der Waals surface area contributed by atoms with Gasteiger partial charge in [-0.25, -0.2) is 21.1 Å². The summed E-state index contributed by atoms with van der Waals surface area (Å²) in [5.41, 5.74) is 0.265. The second-order valence-electron chi connectivity index (χ2n) is 4.70. The fraction of sp³-hybridized carbons (Fsp3) is 0.417. The molecule has 0 bridgehead atoms. The van der Waals surface area contributed by atoms with Crippen LogP contribution in [0.3, 0.4) is 0 Å². The quantitative estimate of drug-likeness (QED) is 0.770. The van der Waals surface area contributed by atoms with Crippen LogP contribution in [0.5, 0.6) is 0 Å². The van der Waals surface area contributed by atoms with Gasteiger partial charge in [0.15, 0.2) is 0 Å². The van der Waals surface area contributed by atoms with Gasteiger partial charge in [0.1, 0.15) is 9.84 Å².